The number of rotatable bonds is 2. The van der Waals surface area contributed by atoms with E-state index in [-0.39, 0.29) is 5.82 Å². The van der Waals surface area contributed by atoms with Crippen molar-refractivity contribution in [1.82, 2.24) is 4.90 Å². The van der Waals surface area contributed by atoms with Gasteiger partial charge in [-0.1, -0.05) is 13.8 Å². The fourth-order valence-electron chi connectivity index (χ4n) is 3.72. The first kappa shape index (κ1) is 13.9. The number of halogens is 1. The van der Waals surface area contributed by atoms with Crippen LogP contribution in [0, 0.1) is 18.7 Å². The Morgan fingerprint density at radius 1 is 1.25 bits per heavy atom. The van der Waals surface area contributed by atoms with Crippen LogP contribution in [0.5, 0.6) is 0 Å². The summed E-state index contributed by atoms with van der Waals surface area (Å²) in [6.45, 7) is 9.95. The predicted molar refractivity (Wildman–Crippen MR) is 81.7 cm³/mol. The van der Waals surface area contributed by atoms with Gasteiger partial charge < -0.3 is 4.90 Å². The fourth-order valence-corrected chi connectivity index (χ4v) is 3.72. The van der Waals surface area contributed by atoms with Gasteiger partial charge in [0.25, 0.3) is 0 Å². The van der Waals surface area contributed by atoms with Gasteiger partial charge in [0, 0.05) is 30.9 Å². The molecule has 2 saturated heterocycles. The van der Waals surface area contributed by atoms with E-state index in [1.54, 1.807) is 6.07 Å². The van der Waals surface area contributed by atoms with E-state index in [0.717, 1.165) is 18.7 Å². The summed E-state index contributed by atoms with van der Waals surface area (Å²) in [5.74, 6) is 0.510. The number of anilines is 1. The highest BCUT2D eigenvalue weighted by atomic mass is 19.1. The molecule has 0 saturated carbocycles. The molecule has 0 aliphatic carbocycles. The minimum absolute atomic E-state index is 0.102. The van der Waals surface area contributed by atoms with Crippen molar-refractivity contribution in [3.8, 4) is 0 Å². The number of aryl methyl sites for hydroxylation is 1. The highest BCUT2D eigenvalue weighted by molar-refractivity contribution is 5.51. The molecule has 1 aromatic carbocycles. The summed E-state index contributed by atoms with van der Waals surface area (Å²) in [7, 11) is 0. The minimum atomic E-state index is -0.102. The average Bonchev–Trinajstić information content (AvgIpc) is 2.87. The monoisotopic (exact) mass is 276 g/mol. The Hall–Kier alpha value is -1.09. The molecule has 0 bridgehead atoms. The third-order valence-electron chi connectivity index (χ3n) is 4.97. The van der Waals surface area contributed by atoms with Crippen LogP contribution in [0.3, 0.4) is 0 Å². The lowest BCUT2D eigenvalue weighted by molar-refractivity contribution is 0.176. The summed E-state index contributed by atoms with van der Waals surface area (Å²) in [4.78, 5) is 5.17. The molecule has 3 rings (SSSR count). The Labute approximate surface area is 121 Å². The maximum atomic E-state index is 13.5. The molecule has 3 heteroatoms. The smallest absolute Gasteiger partial charge is 0.126 e. The summed E-state index contributed by atoms with van der Waals surface area (Å²) >= 11 is 0. The van der Waals surface area contributed by atoms with Crippen LogP contribution in [0.25, 0.3) is 0 Å². The van der Waals surface area contributed by atoms with Crippen LogP contribution >= 0.6 is 0 Å². The van der Waals surface area contributed by atoms with Crippen LogP contribution < -0.4 is 4.90 Å². The first-order valence-corrected chi connectivity index (χ1v) is 7.83. The van der Waals surface area contributed by atoms with Crippen LogP contribution in [-0.2, 0) is 0 Å². The molecule has 2 atom stereocenters. The van der Waals surface area contributed by atoms with Gasteiger partial charge in [-0.25, -0.2) is 4.39 Å². The number of piperazine rings is 1. The van der Waals surface area contributed by atoms with Crippen LogP contribution in [0.4, 0.5) is 10.1 Å². The van der Waals surface area contributed by atoms with Crippen molar-refractivity contribution in [1.29, 1.82) is 0 Å². The number of hydrogen-bond acceptors (Lipinski definition) is 2. The first-order valence-electron chi connectivity index (χ1n) is 7.83. The van der Waals surface area contributed by atoms with E-state index in [4.69, 9.17) is 0 Å². The third kappa shape index (κ3) is 2.44. The van der Waals surface area contributed by atoms with Gasteiger partial charge in [0.1, 0.15) is 5.82 Å². The molecule has 110 valence electrons. The number of nitrogens with zero attached hydrogens (tertiary/aromatic N) is 2. The molecule has 2 nitrogen and oxygen atoms in total. The van der Waals surface area contributed by atoms with Gasteiger partial charge in [-0.05, 0) is 56.0 Å². The highest BCUT2D eigenvalue weighted by Gasteiger charge is 2.37. The number of benzene rings is 1. The van der Waals surface area contributed by atoms with E-state index in [1.165, 1.54) is 25.1 Å². The maximum Gasteiger partial charge on any atom is 0.126 e. The molecular formula is C17H25FN2. The molecule has 2 unspecified atom stereocenters. The van der Waals surface area contributed by atoms with E-state index in [0.29, 0.717) is 18.0 Å². The zero-order chi connectivity index (χ0) is 14.3. The standard InChI is InChI=1S/C17H25FN2/c1-12(2)17-11-19-8-4-5-15(19)10-20(17)14-6-7-16(18)13(3)9-14/h6-7,9,12,15,17H,4-5,8,10-11H2,1-3H3. The molecule has 2 aliphatic heterocycles. The zero-order valence-electron chi connectivity index (χ0n) is 12.8. The first-order chi connectivity index (χ1) is 9.56. The Bertz CT molecular complexity index is 486. The summed E-state index contributed by atoms with van der Waals surface area (Å²) in [6, 6.07) is 6.80. The fraction of sp³-hybridized carbons (Fsp3) is 0.647. The quantitative estimate of drug-likeness (QED) is 0.816. The Morgan fingerprint density at radius 3 is 2.75 bits per heavy atom. The van der Waals surface area contributed by atoms with E-state index in [2.05, 4.69) is 23.6 Å². The zero-order valence-corrected chi connectivity index (χ0v) is 12.8. The molecule has 0 spiro atoms. The Kier molecular flexibility index (Phi) is 3.72. The van der Waals surface area contributed by atoms with Crippen LogP contribution in [0.15, 0.2) is 18.2 Å². The van der Waals surface area contributed by atoms with Crippen molar-refractivity contribution in [2.75, 3.05) is 24.5 Å². The van der Waals surface area contributed by atoms with Gasteiger partial charge in [-0.15, -0.1) is 0 Å². The normalized spacial score (nSPS) is 27.1. The van der Waals surface area contributed by atoms with Crippen molar-refractivity contribution in [3.63, 3.8) is 0 Å². The molecule has 2 fully saturated rings. The molecule has 2 heterocycles. The van der Waals surface area contributed by atoms with Crippen molar-refractivity contribution in [2.45, 2.75) is 45.7 Å². The average molecular weight is 276 g/mol. The molecular weight excluding hydrogens is 251 g/mol. The number of fused-ring (bicyclic) bond motifs is 1. The largest absolute Gasteiger partial charge is 0.365 e. The van der Waals surface area contributed by atoms with Gasteiger partial charge in [0.05, 0.1) is 0 Å². The molecule has 0 aromatic heterocycles. The molecule has 1 aromatic rings. The molecule has 20 heavy (non-hydrogen) atoms. The summed E-state index contributed by atoms with van der Waals surface area (Å²) in [6.07, 6.45) is 2.63. The summed E-state index contributed by atoms with van der Waals surface area (Å²) < 4.78 is 13.5. The van der Waals surface area contributed by atoms with Crippen molar-refractivity contribution in [2.24, 2.45) is 5.92 Å². The molecule has 0 amide bonds. The molecule has 0 radical (unpaired) electrons. The van der Waals surface area contributed by atoms with Gasteiger partial charge in [-0.2, -0.15) is 0 Å². The van der Waals surface area contributed by atoms with Gasteiger partial charge in [0.15, 0.2) is 0 Å². The minimum Gasteiger partial charge on any atom is -0.365 e. The van der Waals surface area contributed by atoms with Crippen LogP contribution in [0.1, 0.15) is 32.3 Å². The lowest BCUT2D eigenvalue weighted by Crippen LogP contribution is -2.58. The third-order valence-corrected chi connectivity index (χ3v) is 4.97. The van der Waals surface area contributed by atoms with E-state index in [1.807, 2.05) is 19.1 Å². The summed E-state index contributed by atoms with van der Waals surface area (Å²) in [5, 5.41) is 0. The lowest BCUT2D eigenvalue weighted by atomic mass is 9.96. The second-order valence-electron chi connectivity index (χ2n) is 6.69. The van der Waals surface area contributed by atoms with Crippen LogP contribution in [0.2, 0.25) is 0 Å². The molecule has 2 aliphatic rings. The van der Waals surface area contributed by atoms with Gasteiger partial charge in [-0.3, -0.25) is 4.90 Å². The van der Waals surface area contributed by atoms with Crippen molar-refractivity contribution >= 4 is 5.69 Å². The second kappa shape index (κ2) is 5.36. The lowest BCUT2D eigenvalue weighted by Gasteiger charge is -2.47. The Morgan fingerprint density at radius 2 is 2.05 bits per heavy atom. The topological polar surface area (TPSA) is 6.48 Å². The maximum absolute atomic E-state index is 13.5. The van der Waals surface area contributed by atoms with Crippen LogP contribution in [-0.4, -0.2) is 36.6 Å². The van der Waals surface area contributed by atoms with Gasteiger partial charge in [0.2, 0.25) is 0 Å². The number of hydrogen-bond donors (Lipinski definition) is 0. The van der Waals surface area contributed by atoms with E-state index in [9.17, 15) is 4.39 Å². The van der Waals surface area contributed by atoms with Crippen molar-refractivity contribution in [3.05, 3.63) is 29.6 Å². The predicted octanol–water partition coefficient (Wildman–Crippen LogP) is 3.44. The molecule has 0 N–H and O–H groups in total. The van der Waals surface area contributed by atoms with Gasteiger partial charge >= 0.3 is 0 Å². The SMILES string of the molecule is Cc1cc(N2CC3CCCN3CC2C(C)C)ccc1F. The van der Waals surface area contributed by atoms with Crippen molar-refractivity contribution < 1.29 is 4.39 Å². The Balaban J connectivity index is 1.89. The summed E-state index contributed by atoms with van der Waals surface area (Å²) in [5.41, 5.74) is 1.94. The van der Waals surface area contributed by atoms with E-state index < -0.39 is 0 Å². The van der Waals surface area contributed by atoms with E-state index >= 15 is 0 Å². The highest BCUT2D eigenvalue weighted by Crippen LogP contribution is 2.32. The second-order valence-corrected chi connectivity index (χ2v) is 6.69.